The van der Waals surface area contributed by atoms with E-state index in [1.807, 2.05) is 0 Å². The van der Waals surface area contributed by atoms with Gasteiger partial charge in [-0.05, 0) is 45.5 Å². The lowest BCUT2D eigenvalue weighted by atomic mass is 10.1. The maximum absolute atomic E-state index is 5.87. The first-order valence-corrected chi connectivity index (χ1v) is 6.11. The Kier molecular flexibility index (Phi) is 5.45. The van der Waals surface area contributed by atoms with Gasteiger partial charge in [-0.2, -0.15) is 0 Å². The van der Waals surface area contributed by atoms with Gasteiger partial charge in [-0.1, -0.05) is 18.2 Å². The maximum atomic E-state index is 5.87. The van der Waals surface area contributed by atoms with Crippen LogP contribution in [0, 0.1) is 13.8 Å². The number of hydrogen-bond acceptors (Lipinski definition) is 3. The van der Waals surface area contributed by atoms with Gasteiger partial charge in [-0.25, -0.2) is 0 Å². The van der Waals surface area contributed by atoms with Crippen molar-refractivity contribution in [3.8, 4) is 5.75 Å². The minimum absolute atomic E-state index is 0.388. The van der Waals surface area contributed by atoms with Gasteiger partial charge in [0.2, 0.25) is 0 Å². The topological polar surface area (TPSA) is 38.5 Å². The van der Waals surface area contributed by atoms with Crippen LogP contribution < -0.4 is 10.5 Å². The second-order valence-corrected chi connectivity index (χ2v) is 4.71. The van der Waals surface area contributed by atoms with Gasteiger partial charge in [-0.15, -0.1) is 0 Å². The van der Waals surface area contributed by atoms with Gasteiger partial charge in [0, 0.05) is 12.6 Å². The first-order valence-electron chi connectivity index (χ1n) is 6.11. The molecule has 0 saturated heterocycles. The molecule has 1 aromatic rings. The Labute approximate surface area is 105 Å². The summed E-state index contributed by atoms with van der Waals surface area (Å²) in [5, 5.41) is 0. The zero-order valence-electron chi connectivity index (χ0n) is 11.4. The van der Waals surface area contributed by atoms with Crippen LogP contribution in [0.4, 0.5) is 0 Å². The minimum atomic E-state index is 0.388. The lowest BCUT2D eigenvalue weighted by molar-refractivity contribution is 0.224. The lowest BCUT2D eigenvalue weighted by Crippen LogP contribution is -2.36. The zero-order chi connectivity index (χ0) is 12.8. The van der Waals surface area contributed by atoms with Gasteiger partial charge < -0.3 is 15.4 Å². The van der Waals surface area contributed by atoms with E-state index < -0.39 is 0 Å². The summed E-state index contributed by atoms with van der Waals surface area (Å²) in [7, 11) is 4.10. The average molecular weight is 236 g/mol. The summed E-state index contributed by atoms with van der Waals surface area (Å²) in [4.78, 5) is 2.15. The molecule has 0 aliphatic rings. The van der Waals surface area contributed by atoms with Crippen LogP contribution in [0.1, 0.15) is 17.5 Å². The van der Waals surface area contributed by atoms with E-state index in [1.54, 1.807) is 0 Å². The molecule has 0 saturated carbocycles. The Balaban J connectivity index is 2.51. The summed E-state index contributed by atoms with van der Waals surface area (Å²) >= 11 is 0. The molecule has 0 aliphatic carbocycles. The van der Waals surface area contributed by atoms with Gasteiger partial charge in [-0.3, -0.25) is 0 Å². The van der Waals surface area contributed by atoms with Crippen LogP contribution >= 0.6 is 0 Å². The molecule has 3 nitrogen and oxygen atoms in total. The first-order chi connectivity index (χ1) is 8.06. The quantitative estimate of drug-likeness (QED) is 0.820. The van der Waals surface area contributed by atoms with E-state index in [-0.39, 0.29) is 0 Å². The molecular formula is C14H24N2O. The van der Waals surface area contributed by atoms with E-state index in [0.29, 0.717) is 19.2 Å². The number of aryl methyl sites for hydroxylation is 2. The molecule has 3 heteroatoms. The van der Waals surface area contributed by atoms with E-state index in [2.05, 4.69) is 51.0 Å². The largest absolute Gasteiger partial charge is 0.493 e. The number of hydrogen-bond donors (Lipinski definition) is 1. The standard InChI is InChI=1S/C14H24N2O/c1-11-6-5-7-12(2)14(11)17-9-8-13(10-15)16(3)4/h5-7,13H,8-10,15H2,1-4H3. The smallest absolute Gasteiger partial charge is 0.125 e. The number of likely N-dealkylation sites (N-methyl/N-ethyl adjacent to an activating group) is 1. The summed E-state index contributed by atoms with van der Waals surface area (Å²) in [5.74, 6) is 1.02. The fourth-order valence-corrected chi connectivity index (χ4v) is 1.91. The summed E-state index contributed by atoms with van der Waals surface area (Å²) < 4.78 is 5.87. The van der Waals surface area contributed by atoms with Crippen LogP contribution in [0.15, 0.2) is 18.2 Å². The molecule has 1 atom stereocenters. The van der Waals surface area contributed by atoms with Gasteiger partial charge in [0.1, 0.15) is 5.75 Å². The molecule has 0 bridgehead atoms. The molecular weight excluding hydrogens is 212 g/mol. The highest BCUT2D eigenvalue weighted by atomic mass is 16.5. The second kappa shape index (κ2) is 6.62. The molecule has 1 unspecified atom stereocenters. The van der Waals surface area contributed by atoms with Gasteiger partial charge in [0.15, 0.2) is 0 Å². The second-order valence-electron chi connectivity index (χ2n) is 4.71. The highest BCUT2D eigenvalue weighted by Crippen LogP contribution is 2.22. The molecule has 0 fully saturated rings. The van der Waals surface area contributed by atoms with Crippen molar-refractivity contribution in [3.05, 3.63) is 29.3 Å². The normalized spacial score (nSPS) is 12.8. The van der Waals surface area contributed by atoms with E-state index >= 15 is 0 Å². The highest BCUT2D eigenvalue weighted by molar-refractivity contribution is 5.39. The maximum Gasteiger partial charge on any atom is 0.125 e. The molecule has 0 aliphatic heterocycles. The minimum Gasteiger partial charge on any atom is -0.493 e. The number of para-hydroxylation sites is 1. The first kappa shape index (κ1) is 14.0. The molecule has 0 spiro atoms. The molecule has 96 valence electrons. The van der Waals surface area contributed by atoms with Crippen LogP contribution in [0.3, 0.4) is 0 Å². The highest BCUT2D eigenvalue weighted by Gasteiger charge is 2.10. The van der Waals surface area contributed by atoms with Crippen molar-refractivity contribution in [2.45, 2.75) is 26.3 Å². The van der Waals surface area contributed by atoms with E-state index in [0.717, 1.165) is 12.2 Å². The Bertz CT molecular complexity index is 330. The Hall–Kier alpha value is -1.06. The third-order valence-electron chi connectivity index (χ3n) is 3.11. The molecule has 0 radical (unpaired) electrons. The number of ether oxygens (including phenoxy) is 1. The molecule has 17 heavy (non-hydrogen) atoms. The van der Waals surface area contributed by atoms with Crippen LogP contribution in [0.25, 0.3) is 0 Å². The molecule has 1 aromatic carbocycles. The average Bonchev–Trinajstić information content (AvgIpc) is 2.27. The van der Waals surface area contributed by atoms with Crippen molar-refractivity contribution in [1.82, 2.24) is 4.90 Å². The SMILES string of the molecule is Cc1cccc(C)c1OCCC(CN)N(C)C. The van der Waals surface area contributed by atoms with Crippen LogP contribution in [0.5, 0.6) is 5.75 Å². The Morgan fingerprint density at radius 3 is 2.29 bits per heavy atom. The number of benzene rings is 1. The van der Waals surface area contributed by atoms with Gasteiger partial charge in [0.05, 0.1) is 6.61 Å². The summed E-state index contributed by atoms with van der Waals surface area (Å²) in [6.07, 6.45) is 0.956. The molecule has 2 N–H and O–H groups in total. The predicted molar refractivity (Wildman–Crippen MR) is 72.6 cm³/mol. The van der Waals surface area contributed by atoms with Crippen molar-refractivity contribution in [3.63, 3.8) is 0 Å². The predicted octanol–water partition coefficient (Wildman–Crippen LogP) is 1.96. The number of nitrogens with zero attached hydrogens (tertiary/aromatic N) is 1. The molecule has 0 aromatic heterocycles. The van der Waals surface area contributed by atoms with Gasteiger partial charge in [0.25, 0.3) is 0 Å². The number of nitrogens with two attached hydrogens (primary N) is 1. The fourth-order valence-electron chi connectivity index (χ4n) is 1.91. The van der Waals surface area contributed by atoms with Gasteiger partial charge >= 0.3 is 0 Å². The lowest BCUT2D eigenvalue weighted by Gasteiger charge is -2.23. The molecule has 0 amide bonds. The fraction of sp³-hybridized carbons (Fsp3) is 0.571. The Morgan fingerprint density at radius 1 is 1.24 bits per heavy atom. The van der Waals surface area contributed by atoms with Crippen molar-refractivity contribution < 1.29 is 4.74 Å². The van der Waals surface area contributed by atoms with Crippen LogP contribution in [-0.4, -0.2) is 38.2 Å². The van der Waals surface area contributed by atoms with Crippen LogP contribution in [0.2, 0.25) is 0 Å². The van der Waals surface area contributed by atoms with Crippen LogP contribution in [-0.2, 0) is 0 Å². The summed E-state index contributed by atoms with van der Waals surface area (Å²) in [6.45, 7) is 5.54. The zero-order valence-corrected chi connectivity index (χ0v) is 11.4. The summed E-state index contributed by atoms with van der Waals surface area (Å²) in [5.41, 5.74) is 8.10. The molecule has 0 heterocycles. The third-order valence-corrected chi connectivity index (χ3v) is 3.11. The van der Waals surface area contributed by atoms with Crippen molar-refractivity contribution in [2.75, 3.05) is 27.2 Å². The summed E-state index contributed by atoms with van der Waals surface area (Å²) in [6, 6.07) is 6.60. The van der Waals surface area contributed by atoms with Crippen molar-refractivity contribution in [1.29, 1.82) is 0 Å². The van der Waals surface area contributed by atoms with E-state index in [4.69, 9.17) is 10.5 Å². The van der Waals surface area contributed by atoms with E-state index in [1.165, 1.54) is 11.1 Å². The Morgan fingerprint density at radius 2 is 1.82 bits per heavy atom. The van der Waals surface area contributed by atoms with Crippen molar-refractivity contribution >= 4 is 0 Å². The number of rotatable bonds is 6. The van der Waals surface area contributed by atoms with E-state index in [9.17, 15) is 0 Å². The monoisotopic (exact) mass is 236 g/mol. The van der Waals surface area contributed by atoms with Crippen molar-refractivity contribution in [2.24, 2.45) is 5.73 Å². The molecule has 1 rings (SSSR count). The third kappa shape index (κ3) is 4.02.